The zero-order chi connectivity index (χ0) is 21.8. The van der Waals surface area contributed by atoms with E-state index in [4.69, 9.17) is 0 Å². The molecule has 2 aromatic carbocycles. The first-order valence-electron chi connectivity index (χ1n) is 10.4. The van der Waals surface area contributed by atoms with Crippen molar-refractivity contribution in [1.29, 1.82) is 0 Å². The van der Waals surface area contributed by atoms with Crippen molar-refractivity contribution in [2.75, 3.05) is 32.9 Å². The van der Waals surface area contributed by atoms with Crippen LogP contribution in [0.3, 0.4) is 0 Å². The molecule has 0 amide bonds. The first-order chi connectivity index (χ1) is 14.4. The summed E-state index contributed by atoms with van der Waals surface area (Å²) in [5, 5.41) is 6.51. The fourth-order valence-electron chi connectivity index (χ4n) is 3.08. The summed E-state index contributed by atoms with van der Waals surface area (Å²) in [6, 6.07) is 19.5. The zero-order valence-electron chi connectivity index (χ0n) is 18.2. The molecular weight excluding hydrogens is 396 g/mol. The van der Waals surface area contributed by atoms with Gasteiger partial charge in [-0.3, -0.25) is 9.89 Å². The average Bonchev–Trinajstić information content (AvgIpc) is 2.76. The van der Waals surface area contributed by atoms with Gasteiger partial charge < -0.3 is 10.6 Å². The molecule has 1 unspecified atom stereocenters. The van der Waals surface area contributed by atoms with Gasteiger partial charge in [0, 0.05) is 32.7 Å². The summed E-state index contributed by atoms with van der Waals surface area (Å²) in [5.74, 6) is 0.813. The largest absolute Gasteiger partial charge is 0.356 e. The first-order valence-corrected chi connectivity index (χ1v) is 12.0. The first kappa shape index (κ1) is 23.9. The van der Waals surface area contributed by atoms with Gasteiger partial charge in [0.05, 0.1) is 10.6 Å². The van der Waals surface area contributed by atoms with Crippen LogP contribution in [0.15, 0.2) is 70.6 Å². The van der Waals surface area contributed by atoms with E-state index < -0.39 is 9.84 Å². The van der Waals surface area contributed by atoms with Crippen LogP contribution in [0.25, 0.3) is 0 Å². The van der Waals surface area contributed by atoms with Crippen LogP contribution in [0.5, 0.6) is 0 Å². The molecule has 1 atom stereocenters. The molecule has 0 saturated carbocycles. The third-order valence-electron chi connectivity index (χ3n) is 5.09. The van der Waals surface area contributed by atoms with E-state index in [1.54, 1.807) is 31.3 Å². The molecule has 0 spiro atoms. The Morgan fingerprint density at radius 3 is 2.23 bits per heavy atom. The Kier molecular flexibility index (Phi) is 9.83. The summed E-state index contributed by atoms with van der Waals surface area (Å²) in [5.41, 5.74) is 1.31. The Bertz CT molecular complexity index is 871. The Morgan fingerprint density at radius 1 is 1.00 bits per heavy atom. The van der Waals surface area contributed by atoms with Gasteiger partial charge in [0.25, 0.3) is 0 Å². The van der Waals surface area contributed by atoms with Gasteiger partial charge >= 0.3 is 0 Å². The van der Waals surface area contributed by atoms with Crippen LogP contribution in [0.2, 0.25) is 0 Å². The zero-order valence-corrected chi connectivity index (χ0v) is 19.0. The molecule has 0 bridgehead atoms. The van der Waals surface area contributed by atoms with Crippen LogP contribution in [-0.4, -0.2) is 58.3 Å². The van der Waals surface area contributed by atoms with Crippen LogP contribution < -0.4 is 10.6 Å². The minimum Gasteiger partial charge on any atom is -0.356 e. The molecule has 30 heavy (non-hydrogen) atoms. The Balaban J connectivity index is 1.66. The highest BCUT2D eigenvalue weighted by Crippen LogP contribution is 2.11. The minimum atomic E-state index is -3.23. The second-order valence-corrected chi connectivity index (χ2v) is 9.56. The number of aliphatic imine (C=N–C) groups is 1. The van der Waals surface area contributed by atoms with Crippen molar-refractivity contribution >= 4 is 15.8 Å². The van der Waals surface area contributed by atoms with Crippen LogP contribution in [0.4, 0.5) is 0 Å². The molecule has 7 heteroatoms. The smallest absolute Gasteiger partial charge is 0.190 e. The fourth-order valence-corrected chi connectivity index (χ4v) is 4.41. The van der Waals surface area contributed by atoms with Crippen LogP contribution in [-0.2, 0) is 16.4 Å². The Labute approximate surface area is 181 Å². The number of rotatable bonds is 11. The number of nitrogens with zero attached hydrogens (tertiary/aromatic N) is 2. The molecule has 0 aliphatic heterocycles. The minimum absolute atomic E-state index is 0.113. The van der Waals surface area contributed by atoms with Crippen molar-refractivity contribution in [2.24, 2.45) is 4.99 Å². The normalized spacial score (nSPS) is 13.3. The van der Waals surface area contributed by atoms with Crippen molar-refractivity contribution in [3.05, 3.63) is 66.2 Å². The highest BCUT2D eigenvalue weighted by atomic mass is 32.2. The summed E-state index contributed by atoms with van der Waals surface area (Å²) >= 11 is 0. The van der Waals surface area contributed by atoms with E-state index >= 15 is 0 Å². The summed E-state index contributed by atoms with van der Waals surface area (Å²) in [6.45, 7) is 4.48. The second kappa shape index (κ2) is 12.3. The van der Waals surface area contributed by atoms with Crippen molar-refractivity contribution in [3.63, 3.8) is 0 Å². The van der Waals surface area contributed by atoms with Gasteiger partial charge in [-0.1, -0.05) is 48.5 Å². The molecule has 0 fully saturated rings. The average molecular weight is 431 g/mol. The molecular formula is C23H34N4O2S. The molecule has 2 rings (SSSR count). The lowest BCUT2D eigenvalue weighted by atomic mass is 10.1. The van der Waals surface area contributed by atoms with Crippen molar-refractivity contribution in [2.45, 2.75) is 37.2 Å². The Morgan fingerprint density at radius 2 is 1.60 bits per heavy atom. The summed E-state index contributed by atoms with van der Waals surface area (Å²) < 4.78 is 24.6. The molecule has 164 valence electrons. The third-order valence-corrected chi connectivity index (χ3v) is 6.91. The van der Waals surface area contributed by atoms with Crippen LogP contribution >= 0.6 is 0 Å². The van der Waals surface area contributed by atoms with E-state index in [9.17, 15) is 8.42 Å². The van der Waals surface area contributed by atoms with Gasteiger partial charge in [-0.15, -0.1) is 0 Å². The molecule has 0 aliphatic carbocycles. The standard InChI is InChI=1S/C23H34N4O2S/c1-20(27(3)19-21-11-6-4-7-12-21)15-17-26-23(24-2)25-16-10-18-30(28,29)22-13-8-5-9-14-22/h4-9,11-14,20H,10,15-19H2,1-3H3,(H2,24,25,26). The summed E-state index contributed by atoms with van der Waals surface area (Å²) in [7, 11) is 0.626. The maximum absolute atomic E-state index is 12.3. The van der Waals surface area contributed by atoms with E-state index in [0.29, 0.717) is 29.9 Å². The number of guanidine groups is 1. The van der Waals surface area contributed by atoms with Gasteiger partial charge in [-0.2, -0.15) is 0 Å². The SMILES string of the molecule is CN=C(NCCCS(=O)(=O)c1ccccc1)NCCC(C)N(C)Cc1ccccc1. The number of hydrogen-bond acceptors (Lipinski definition) is 4. The predicted molar refractivity (Wildman–Crippen MR) is 124 cm³/mol. The van der Waals surface area contributed by atoms with Crippen LogP contribution in [0, 0.1) is 0 Å². The summed E-state index contributed by atoms with van der Waals surface area (Å²) in [6.07, 6.45) is 1.50. The van der Waals surface area contributed by atoms with E-state index in [1.807, 2.05) is 12.1 Å². The maximum Gasteiger partial charge on any atom is 0.190 e. The van der Waals surface area contributed by atoms with Crippen LogP contribution in [0.1, 0.15) is 25.3 Å². The fraction of sp³-hybridized carbons (Fsp3) is 0.435. The van der Waals surface area contributed by atoms with Crippen molar-refractivity contribution < 1.29 is 8.42 Å². The molecule has 0 heterocycles. The molecule has 0 radical (unpaired) electrons. The molecule has 2 N–H and O–H groups in total. The van der Waals surface area contributed by atoms with Gasteiger partial charge in [0.15, 0.2) is 15.8 Å². The Hall–Kier alpha value is -2.38. The van der Waals surface area contributed by atoms with Gasteiger partial charge in [0.2, 0.25) is 0 Å². The van der Waals surface area contributed by atoms with Gasteiger partial charge in [0.1, 0.15) is 0 Å². The highest BCUT2D eigenvalue weighted by molar-refractivity contribution is 7.91. The predicted octanol–water partition coefficient (Wildman–Crippen LogP) is 2.93. The topological polar surface area (TPSA) is 73.8 Å². The monoisotopic (exact) mass is 430 g/mol. The number of benzene rings is 2. The third kappa shape index (κ3) is 8.16. The molecule has 0 aliphatic rings. The summed E-state index contributed by atoms with van der Waals surface area (Å²) in [4.78, 5) is 6.93. The molecule has 0 aromatic heterocycles. The highest BCUT2D eigenvalue weighted by Gasteiger charge is 2.13. The lowest BCUT2D eigenvalue weighted by Gasteiger charge is -2.25. The number of hydrogen-bond donors (Lipinski definition) is 2. The maximum atomic E-state index is 12.3. The van der Waals surface area contributed by atoms with E-state index in [-0.39, 0.29) is 5.75 Å². The number of sulfone groups is 1. The van der Waals surface area contributed by atoms with Crippen molar-refractivity contribution in [1.82, 2.24) is 15.5 Å². The lowest BCUT2D eigenvalue weighted by molar-refractivity contribution is 0.238. The molecule has 6 nitrogen and oxygen atoms in total. The molecule has 2 aromatic rings. The lowest BCUT2D eigenvalue weighted by Crippen LogP contribution is -2.40. The quantitative estimate of drug-likeness (QED) is 0.326. The molecule has 0 saturated heterocycles. The number of nitrogens with one attached hydrogen (secondary N) is 2. The second-order valence-electron chi connectivity index (χ2n) is 7.45. The van der Waals surface area contributed by atoms with E-state index in [0.717, 1.165) is 19.5 Å². The van der Waals surface area contributed by atoms with Gasteiger partial charge in [-0.05, 0) is 44.5 Å². The van der Waals surface area contributed by atoms with Crippen molar-refractivity contribution in [3.8, 4) is 0 Å². The van der Waals surface area contributed by atoms with E-state index in [2.05, 4.69) is 58.8 Å². The van der Waals surface area contributed by atoms with E-state index in [1.165, 1.54) is 5.56 Å². The van der Waals surface area contributed by atoms with Gasteiger partial charge in [-0.25, -0.2) is 8.42 Å².